The third kappa shape index (κ3) is 4.25. The van der Waals surface area contributed by atoms with E-state index in [2.05, 4.69) is 20.8 Å². The zero-order valence-electron chi connectivity index (χ0n) is 10.9. The van der Waals surface area contributed by atoms with Crippen molar-refractivity contribution in [2.45, 2.75) is 43.8 Å². The first-order valence-corrected chi connectivity index (χ1v) is 8.40. The smallest absolute Gasteiger partial charge is 0.155 e. The van der Waals surface area contributed by atoms with Gasteiger partial charge in [-0.2, -0.15) is 0 Å². The van der Waals surface area contributed by atoms with Crippen molar-refractivity contribution >= 4 is 58.2 Å². The van der Waals surface area contributed by atoms with E-state index in [1.807, 2.05) is 0 Å². The molecule has 1 aromatic carbocycles. The minimum absolute atomic E-state index is 0.0537. The first kappa shape index (κ1) is 17.6. The van der Waals surface area contributed by atoms with E-state index < -0.39 is 0 Å². The first-order valence-electron chi connectivity index (χ1n) is 6.01. The summed E-state index contributed by atoms with van der Waals surface area (Å²) >= 11 is 25.8. The quantitative estimate of drug-likeness (QED) is 0.453. The highest BCUT2D eigenvalue weighted by Gasteiger charge is 2.22. The summed E-state index contributed by atoms with van der Waals surface area (Å²) in [6, 6.07) is 0. The minimum atomic E-state index is -0.264. The Labute approximate surface area is 138 Å². The molecule has 0 aliphatic carbocycles. The standard InChI is InChI=1S/C13H16Cl4OS/c1-4-7(5-6(2)3)19-13-10(16)8(14)12(18)9(15)11(13)17/h6-7,18H,4-5H2,1-3H3. The van der Waals surface area contributed by atoms with E-state index in [4.69, 9.17) is 46.4 Å². The van der Waals surface area contributed by atoms with Crippen LogP contribution in [0.4, 0.5) is 0 Å². The van der Waals surface area contributed by atoms with Gasteiger partial charge in [-0.15, -0.1) is 11.8 Å². The largest absolute Gasteiger partial charge is 0.505 e. The summed E-state index contributed by atoms with van der Waals surface area (Å²) < 4.78 is 0. The van der Waals surface area contributed by atoms with Gasteiger partial charge in [-0.3, -0.25) is 0 Å². The van der Waals surface area contributed by atoms with Crippen LogP contribution in [0.3, 0.4) is 0 Å². The van der Waals surface area contributed by atoms with E-state index in [1.54, 1.807) is 11.8 Å². The minimum Gasteiger partial charge on any atom is -0.505 e. The van der Waals surface area contributed by atoms with E-state index >= 15 is 0 Å². The van der Waals surface area contributed by atoms with Crippen LogP contribution in [-0.2, 0) is 0 Å². The van der Waals surface area contributed by atoms with Gasteiger partial charge in [0, 0.05) is 10.1 Å². The summed E-state index contributed by atoms with van der Waals surface area (Å²) in [4.78, 5) is 0.642. The molecule has 0 spiro atoms. The lowest BCUT2D eigenvalue weighted by Gasteiger charge is -2.19. The number of hydrogen-bond acceptors (Lipinski definition) is 2. The lowest BCUT2D eigenvalue weighted by Crippen LogP contribution is -2.05. The Hall–Kier alpha value is 0.530. The summed E-state index contributed by atoms with van der Waals surface area (Å²) in [5, 5.41) is 10.7. The summed E-state index contributed by atoms with van der Waals surface area (Å²) in [6.45, 7) is 6.46. The van der Waals surface area contributed by atoms with Crippen LogP contribution in [0.1, 0.15) is 33.6 Å². The maximum absolute atomic E-state index is 9.69. The Morgan fingerprint density at radius 2 is 1.47 bits per heavy atom. The fraction of sp³-hybridized carbons (Fsp3) is 0.538. The van der Waals surface area contributed by atoms with Crippen LogP contribution in [0, 0.1) is 5.92 Å². The predicted octanol–water partition coefficient (Wildman–Crippen LogP) is 6.92. The Bertz CT molecular complexity index is 433. The van der Waals surface area contributed by atoms with Gasteiger partial charge in [-0.05, 0) is 18.8 Å². The van der Waals surface area contributed by atoms with Crippen LogP contribution in [0.25, 0.3) is 0 Å². The van der Waals surface area contributed by atoms with Gasteiger partial charge in [-0.1, -0.05) is 67.2 Å². The molecule has 0 heterocycles. The van der Waals surface area contributed by atoms with Gasteiger partial charge in [-0.25, -0.2) is 0 Å². The zero-order chi connectivity index (χ0) is 14.7. The monoisotopic (exact) mass is 360 g/mol. The molecule has 0 aromatic heterocycles. The van der Waals surface area contributed by atoms with Gasteiger partial charge < -0.3 is 5.11 Å². The second kappa shape index (κ2) is 7.51. The number of phenolic OH excluding ortho intramolecular Hbond substituents is 1. The first-order chi connectivity index (χ1) is 8.79. The van der Waals surface area contributed by atoms with Crippen LogP contribution < -0.4 is 0 Å². The number of thioether (sulfide) groups is 1. The highest BCUT2D eigenvalue weighted by atomic mass is 35.5. The molecular formula is C13H16Cl4OS. The van der Waals surface area contributed by atoms with Gasteiger partial charge in [0.25, 0.3) is 0 Å². The molecule has 1 nitrogen and oxygen atoms in total. The number of hydrogen-bond donors (Lipinski definition) is 1. The molecule has 0 radical (unpaired) electrons. The summed E-state index contributed by atoms with van der Waals surface area (Å²) in [7, 11) is 0. The molecule has 1 atom stereocenters. The Balaban J connectivity index is 3.13. The Morgan fingerprint density at radius 1 is 1.00 bits per heavy atom. The molecule has 0 aliphatic rings. The molecule has 0 bridgehead atoms. The van der Waals surface area contributed by atoms with Gasteiger partial charge in [0.2, 0.25) is 0 Å². The number of halogens is 4. The fourth-order valence-electron chi connectivity index (χ4n) is 1.69. The highest BCUT2D eigenvalue weighted by Crippen LogP contribution is 2.50. The zero-order valence-corrected chi connectivity index (χ0v) is 14.8. The summed E-state index contributed by atoms with van der Waals surface area (Å²) in [5.74, 6) is 0.317. The Morgan fingerprint density at radius 3 is 1.84 bits per heavy atom. The van der Waals surface area contributed by atoms with Crippen molar-refractivity contribution in [3.8, 4) is 5.75 Å². The number of phenols is 1. The second-order valence-electron chi connectivity index (χ2n) is 4.71. The van der Waals surface area contributed by atoms with Crippen LogP contribution in [-0.4, -0.2) is 10.4 Å². The molecule has 0 fully saturated rings. The van der Waals surface area contributed by atoms with Crippen molar-refractivity contribution in [2.75, 3.05) is 0 Å². The number of benzene rings is 1. The maximum atomic E-state index is 9.69. The van der Waals surface area contributed by atoms with Crippen LogP contribution in [0.2, 0.25) is 20.1 Å². The normalized spacial score (nSPS) is 13.1. The van der Waals surface area contributed by atoms with E-state index in [0.717, 1.165) is 12.8 Å². The lowest BCUT2D eigenvalue weighted by molar-refractivity contribution is 0.475. The number of rotatable bonds is 5. The van der Waals surface area contributed by atoms with Crippen LogP contribution in [0.5, 0.6) is 5.75 Å². The average Bonchev–Trinajstić information content (AvgIpc) is 2.37. The van der Waals surface area contributed by atoms with Crippen molar-refractivity contribution in [3.63, 3.8) is 0 Å². The average molecular weight is 362 g/mol. The predicted molar refractivity (Wildman–Crippen MR) is 87.5 cm³/mol. The molecule has 1 rings (SSSR count). The highest BCUT2D eigenvalue weighted by molar-refractivity contribution is 8.00. The van der Waals surface area contributed by atoms with Gasteiger partial charge in [0.1, 0.15) is 10.0 Å². The fourth-order valence-corrected chi connectivity index (χ4v) is 4.31. The van der Waals surface area contributed by atoms with Crippen LogP contribution >= 0.6 is 58.2 Å². The molecule has 0 saturated carbocycles. The topological polar surface area (TPSA) is 20.2 Å². The lowest BCUT2D eigenvalue weighted by atomic mass is 10.1. The van der Waals surface area contributed by atoms with Crippen LogP contribution in [0.15, 0.2) is 4.90 Å². The third-order valence-electron chi connectivity index (χ3n) is 2.67. The van der Waals surface area contributed by atoms with Gasteiger partial charge in [0.15, 0.2) is 5.75 Å². The molecule has 1 unspecified atom stereocenters. The van der Waals surface area contributed by atoms with Gasteiger partial charge in [0.05, 0.1) is 10.0 Å². The molecule has 6 heteroatoms. The molecule has 1 aromatic rings. The van der Waals surface area contributed by atoms with Crippen molar-refractivity contribution in [1.29, 1.82) is 0 Å². The van der Waals surface area contributed by atoms with Crippen molar-refractivity contribution in [1.82, 2.24) is 0 Å². The molecule has 1 N–H and O–H groups in total. The van der Waals surface area contributed by atoms with E-state index in [-0.39, 0.29) is 25.8 Å². The summed E-state index contributed by atoms with van der Waals surface area (Å²) in [5.41, 5.74) is 0. The molecule has 108 valence electrons. The molecule has 0 amide bonds. The number of aromatic hydroxyl groups is 1. The molecule has 0 saturated heterocycles. The van der Waals surface area contributed by atoms with E-state index in [9.17, 15) is 5.11 Å². The molecule has 19 heavy (non-hydrogen) atoms. The Kier molecular flexibility index (Phi) is 6.95. The van der Waals surface area contributed by atoms with E-state index in [0.29, 0.717) is 16.1 Å². The third-order valence-corrected chi connectivity index (χ3v) is 6.09. The van der Waals surface area contributed by atoms with Crippen molar-refractivity contribution in [3.05, 3.63) is 20.1 Å². The SMILES string of the molecule is CCC(CC(C)C)Sc1c(Cl)c(Cl)c(O)c(Cl)c1Cl. The van der Waals surface area contributed by atoms with Crippen molar-refractivity contribution in [2.24, 2.45) is 5.92 Å². The molecular weight excluding hydrogens is 346 g/mol. The second-order valence-corrected chi connectivity index (χ2v) is 7.53. The summed E-state index contributed by atoms with van der Waals surface area (Å²) in [6.07, 6.45) is 2.04. The van der Waals surface area contributed by atoms with Crippen molar-refractivity contribution < 1.29 is 5.11 Å². The van der Waals surface area contributed by atoms with E-state index in [1.165, 1.54) is 0 Å². The maximum Gasteiger partial charge on any atom is 0.155 e. The van der Waals surface area contributed by atoms with Gasteiger partial charge >= 0.3 is 0 Å². The molecule has 0 aliphatic heterocycles.